The smallest absolute Gasteiger partial charge is 0.254 e. The van der Waals surface area contributed by atoms with E-state index < -0.39 is 10.0 Å². The predicted octanol–water partition coefficient (Wildman–Crippen LogP) is 2.93. The third kappa shape index (κ3) is 4.09. The molecule has 29 heavy (non-hydrogen) atoms. The van der Waals surface area contributed by atoms with Crippen molar-refractivity contribution in [2.75, 3.05) is 34.9 Å². The van der Waals surface area contributed by atoms with Crippen LogP contribution in [0.4, 0.5) is 0 Å². The second-order valence-electron chi connectivity index (χ2n) is 7.08. The van der Waals surface area contributed by atoms with Crippen LogP contribution in [0, 0.1) is 0 Å². The lowest BCUT2D eigenvalue weighted by molar-refractivity contribution is 0.0733. The summed E-state index contributed by atoms with van der Waals surface area (Å²) in [7, 11) is 2.52. The van der Waals surface area contributed by atoms with Gasteiger partial charge in [0, 0.05) is 31.8 Å². The van der Waals surface area contributed by atoms with Crippen molar-refractivity contribution in [2.45, 2.75) is 23.8 Å². The van der Waals surface area contributed by atoms with Crippen LogP contribution in [0.25, 0.3) is 0 Å². The van der Waals surface area contributed by atoms with E-state index >= 15 is 0 Å². The first-order valence-electron chi connectivity index (χ1n) is 9.35. The highest BCUT2D eigenvalue weighted by Gasteiger charge is 2.33. The largest absolute Gasteiger partial charge is 0.497 e. The summed E-state index contributed by atoms with van der Waals surface area (Å²) in [4.78, 5) is 15.2. The fourth-order valence-electron chi connectivity index (χ4n) is 3.60. The van der Waals surface area contributed by atoms with Crippen LogP contribution in [-0.2, 0) is 10.0 Å². The van der Waals surface area contributed by atoms with Crippen molar-refractivity contribution < 1.29 is 22.7 Å². The van der Waals surface area contributed by atoms with Crippen molar-refractivity contribution in [2.24, 2.45) is 0 Å². The van der Waals surface area contributed by atoms with E-state index in [2.05, 4.69) is 0 Å². The first-order valence-corrected chi connectivity index (χ1v) is 10.8. The number of likely N-dealkylation sites (tertiary alicyclic amines) is 1. The normalized spacial score (nSPS) is 16.9. The Morgan fingerprint density at radius 1 is 1.10 bits per heavy atom. The van der Waals surface area contributed by atoms with Gasteiger partial charge in [-0.25, -0.2) is 12.7 Å². The Hall–Kier alpha value is -2.58. The van der Waals surface area contributed by atoms with Crippen molar-refractivity contribution in [1.82, 2.24) is 9.21 Å². The molecule has 3 rings (SSSR count). The fourth-order valence-corrected chi connectivity index (χ4v) is 4.55. The van der Waals surface area contributed by atoms with Crippen molar-refractivity contribution in [3.63, 3.8) is 0 Å². The molecule has 2 aromatic rings. The maximum absolute atomic E-state index is 13.3. The number of methoxy groups -OCH3 is 2. The van der Waals surface area contributed by atoms with Crippen molar-refractivity contribution >= 4 is 15.9 Å². The minimum absolute atomic E-state index is 0.100. The number of benzene rings is 2. The third-order valence-corrected chi connectivity index (χ3v) is 6.98. The lowest BCUT2D eigenvalue weighted by atomic mass is 10.0. The topological polar surface area (TPSA) is 76.1 Å². The van der Waals surface area contributed by atoms with Gasteiger partial charge >= 0.3 is 0 Å². The molecule has 7 nitrogen and oxygen atoms in total. The number of sulfonamides is 1. The first kappa shape index (κ1) is 21.1. The number of nitrogens with zero attached hydrogens (tertiary/aromatic N) is 2. The maximum Gasteiger partial charge on any atom is 0.254 e. The van der Waals surface area contributed by atoms with Gasteiger partial charge in [0.05, 0.1) is 25.2 Å². The van der Waals surface area contributed by atoms with Crippen molar-refractivity contribution in [1.29, 1.82) is 0 Å². The van der Waals surface area contributed by atoms with Gasteiger partial charge in [0.2, 0.25) is 10.0 Å². The molecule has 8 heteroatoms. The molecule has 1 heterocycles. The van der Waals surface area contributed by atoms with Crippen LogP contribution >= 0.6 is 0 Å². The average Bonchev–Trinajstić information content (AvgIpc) is 3.22. The summed E-state index contributed by atoms with van der Waals surface area (Å²) in [5.41, 5.74) is 1.23. The average molecular weight is 419 g/mol. The molecule has 0 unspecified atom stereocenters. The minimum Gasteiger partial charge on any atom is -0.497 e. The molecule has 0 aromatic heterocycles. The molecule has 0 radical (unpaired) electrons. The van der Waals surface area contributed by atoms with Gasteiger partial charge in [-0.1, -0.05) is 6.07 Å². The van der Waals surface area contributed by atoms with Crippen LogP contribution in [0.3, 0.4) is 0 Å². The minimum atomic E-state index is -3.62. The molecule has 156 valence electrons. The van der Waals surface area contributed by atoms with Crippen LogP contribution in [0.2, 0.25) is 0 Å². The first-order chi connectivity index (χ1) is 13.8. The molecule has 0 saturated carbocycles. The Kier molecular flexibility index (Phi) is 6.14. The summed E-state index contributed by atoms with van der Waals surface area (Å²) in [5, 5.41) is 0. The fraction of sp³-hybridized carbons (Fsp3) is 0.381. The molecule has 1 amide bonds. The summed E-state index contributed by atoms with van der Waals surface area (Å²) in [6.45, 7) is 0.592. The standard InChI is InChI=1S/C21H26N2O5S/c1-22(2)29(25,26)17-8-5-7-15(13-17)21(24)23-12-6-9-19(23)18-14-16(27-3)10-11-20(18)28-4/h5,7-8,10-11,13-14,19H,6,9,12H2,1-4H3/t19-/m1/s1. The zero-order valence-corrected chi connectivity index (χ0v) is 17.9. The molecular weight excluding hydrogens is 392 g/mol. The number of amides is 1. The molecule has 1 aliphatic rings. The molecule has 0 bridgehead atoms. The zero-order valence-electron chi connectivity index (χ0n) is 17.1. The summed E-state index contributed by atoms with van der Waals surface area (Å²) >= 11 is 0. The number of hydrogen-bond donors (Lipinski definition) is 0. The van der Waals surface area contributed by atoms with Gasteiger partial charge in [-0.15, -0.1) is 0 Å². The molecule has 1 atom stereocenters. The number of ether oxygens (including phenoxy) is 2. The highest BCUT2D eigenvalue weighted by Crippen LogP contribution is 2.39. The molecule has 1 saturated heterocycles. The monoisotopic (exact) mass is 418 g/mol. The molecule has 0 N–H and O–H groups in total. The van der Waals surface area contributed by atoms with Crippen LogP contribution in [0.15, 0.2) is 47.4 Å². The highest BCUT2D eigenvalue weighted by atomic mass is 32.2. The summed E-state index contributed by atoms with van der Waals surface area (Å²) < 4.78 is 36.9. The van der Waals surface area contributed by atoms with Crippen molar-refractivity contribution in [3.05, 3.63) is 53.6 Å². The second-order valence-corrected chi connectivity index (χ2v) is 9.23. The van der Waals surface area contributed by atoms with Crippen LogP contribution in [0.5, 0.6) is 11.5 Å². The van der Waals surface area contributed by atoms with E-state index in [0.717, 1.165) is 22.7 Å². The maximum atomic E-state index is 13.3. The number of rotatable bonds is 6. The van der Waals surface area contributed by atoms with Gasteiger partial charge in [-0.2, -0.15) is 0 Å². The molecule has 2 aromatic carbocycles. The lowest BCUT2D eigenvalue weighted by Gasteiger charge is -2.27. The molecule has 1 aliphatic heterocycles. The Morgan fingerprint density at radius 2 is 1.86 bits per heavy atom. The predicted molar refractivity (Wildman–Crippen MR) is 110 cm³/mol. The molecular formula is C21H26N2O5S. The summed E-state index contributed by atoms with van der Waals surface area (Å²) in [6, 6.07) is 11.6. The van der Waals surface area contributed by atoms with E-state index in [1.807, 2.05) is 18.2 Å². The Balaban J connectivity index is 1.96. The highest BCUT2D eigenvalue weighted by molar-refractivity contribution is 7.89. The Morgan fingerprint density at radius 3 is 2.52 bits per heavy atom. The zero-order chi connectivity index (χ0) is 21.2. The number of carbonyl (C=O) groups excluding carboxylic acids is 1. The summed E-state index contributed by atoms with van der Waals surface area (Å²) in [6.07, 6.45) is 1.65. The van der Waals surface area contributed by atoms with E-state index in [-0.39, 0.29) is 16.8 Å². The second kappa shape index (κ2) is 8.42. The number of hydrogen-bond acceptors (Lipinski definition) is 5. The van der Waals surface area contributed by atoms with Crippen molar-refractivity contribution in [3.8, 4) is 11.5 Å². The van der Waals surface area contributed by atoms with E-state index in [4.69, 9.17) is 9.47 Å². The quantitative estimate of drug-likeness (QED) is 0.721. The van der Waals surface area contributed by atoms with E-state index in [0.29, 0.717) is 23.6 Å². The van der Waals surface area contributed by atoms with E-state index in [1.165, 1.54) is 26.2 Å². The molecule has 1 fully saturated rings. The van der Waals surface area contributed by atoms with Gasteiger partial charge in [-0.05, 0) is 49.2 Å². The summed E-state index contributed by atoms with van der Waals surface area (Å²) in [5.74, 6) is 1.19. The van der Waals surface area contributed by atoms with Crippen LogP contribution < -0.4 is 9.47 Å². The van der Waals surface area contributed by atoms with Gasteiger partial charge in [0.15, 0.2) is 0 Å². The van der Waals surface area contributed by atoms with Gasteiger partial charge in [-0.3, -0.25) is 4.79 Å². The molecule has 0 spiro atoms. The van der Waals surface area contributed by atoms with Gasteiger partial charge in [0.1, 0.15) is 11.5 Å². The lowest BCUT2D eigenvalue weighted by Crippen LogP contribution is -2.31. The van der Waals surface area contributed by atoms with Gasteiger partial charge in [0.25, 0.3) is 5.91 Å². The van der Waals surface area contributed by atoms with E-state index in [9.17, 15) is 13.2 Å². The van der Waals surface area contributed by atoms with Gasteiger partial charge < -0.3 is 14.4 Å². The van der Waals surface area contributed by atoms with E-state index in [1.54, 1.807) is 31.3 Å². The third-order valence-electron chi connectivity index (χ3n) is 5.17. The Bertz CT molecular complexity index is 1000. The number of carbonyl (C=O) groups is 1. The van der Waals surface area contributed by atoms with Crippen LogP contribution in [-0.4, -0.2) is 58.4 Å². The van der Waals surface area contributed by atoms with Crippen LogP contribution in [0.1, 0.15) is 34.8 Å². The Labute approximate surface area is 171 Å². The SMILES string of the molecule is COc1ccc(OC)c([C@H]2CCCN2C(=O)c2cccc(S(=O)(=O)N(C)C)c2)c1. The molecule has 0 aliphatic carbocycles.